The van der Waals surface area contributed by atoms with Crippen molar-refractivity contribution in [1.82, 2.24) is 5.32 Å². The number of esters is 1. The van der Waals surface area contributed by atoms with Crippen molar-refractivity contribution < 1.29 is 9.53 Å². The van der Waals surface area contributed by atoms with Gasteiger partial charge in [-0.1, -0.05) is 0 Å². The fourth-order valence-corrected chi connectivity index (χ4v) is 1.87. The highest BCUT2D eigenvalue weighted by Gasteiger charge is 2.19. The minimum Gasteiger partial charge on any atom is -0.465 e. The Hall–Kier alpha value is -0.220. The van der Waals surface area contributed by atoms with Crippen molar-refractivity contribution in [1.29, 1.82) is 0 Å². The Bertz CT molecular complexity index is 172. The number of ether oxygens (including phenoxy) is 1. The third kappa shape index (κ3) is 6.27. The number of thioether (sulfide) groups is 1. The third-order valence-electron chi connectivity index (χ3n) is 2.00. The lowest BCUT2D eigenvalue weighted by molar-refractivity contribution is -0.139. The van der Waals surface area contributed by atoms with Crippen LogP contribution in [0.1, 0.15) is 26.2 Å². The minimum atomic E-state index is -0.0901. The van der Waals surface area contributed by atoms with Crippen LogP contribution >= 0.6 is 11.8 Å². The van der Waals surface area contributed by atoms with Gasteiger partial charge >= 0.3 is 5.97 Å². The first-order valence-corrected chi connectivity index (χ1v) is 6.45. The van der Waals surface area contributed by atoms with Gasteiger partial charge in [0.1, 0.15) is 0 Å². The second kappa shape index (κ2) is 7.12. The van der Waals surface area contributed by atoms with Gasteiger partial charge in [0.25, 0.3) is 0 Å². The molecule has 0 unspecified atom stereocenters. The molecule has 1 N–H and O–H groups in total. The average molecular weight is 217 g/mol. The van der Waals surface area contributed by atoms with Crippen LogP contribution in [0.5, 0.6) is 0 Å². The molecule has 1 aliphatic rings. The van der Waals surface area contributed by atoms with Gasteiger partial charge in [0.2, 0.25) is 0 Å². The predicted octanol–water partition coefficient (Wildman–Crippen LogP) is 1.42. The number of rotatable bonds is 8. The summed E-state index contributed by atoms with van der Waals surface area (Å²) in [6, 6.07) is 0.796. The molecule has 0 heterocycles. The van der Waals surface area contributed by atoms with Gasteiger partial charge < -0.3 is 10.1 Å². The SMILES string of the molecule is CCOC(=O)CSCCCNC1CC1. The van der Waals surface area contributed by atoms with Crippen LogP contribution < -0.4 is 5.32 Å². The van der Waals surface area contributed by atoms with Crippen molar-refractivity contribution in [2.24, 2.45) is 0 Å². The first-order chi connectivity index (χ1) is 6.83. The van der Waals surface area contributed by atoms with Crippen molar-refractivity contribution in [3.63, 3.8) is 0 Å². The zero-order valence-corrected chi connectivity index (χ0v) is 9.57. The maximum atomic E-state index is 10.9. The summed E-state index contributed by atoms with van der Waals surface area (Å²) in [7, 11) is 0. The third-order valence-corrected chi connectivity index (χ3v) is 3.02. The van der Waals surface area contributed by atoms with E-state index in [4.69, 9.17) is 4.74 Å². The van der Waals surface area contributed by atoms with E-state index >= 15 is 0 Å². The summed E-state index contributed by atoms with van der Waals surface area (Å²) in [5, 5.41) is 3.44. The first kappa shape index (κ1) is 11.9. The van der Waals surface area contributed by atoms with E-state index in [9.17, 15) is 4.79 Å². The summed E-state index contributed by atoms with van der Waals surface area (Å²) >= 11 is 1.66. The second-order valence-corrected chi connectivity index (χ2v) is 4.54. The Kier molecular flexibility index (Phi) is 6.03. The molecule has 0 atom stereocenters. The molecule has 1 saturated carbocycles. The van der Waals surface area contributed by atoms with Crippen LogP contribution in [-0.2, 0) is 9.53 Å². The topological polar surface area (TPSA) is 38.3 Å². The van der Waals surface area contributed by atoms with Gasteiger partial charge in [-0.15, -0.1) is 0 Å². The van der Waals surface area contributed by atoms with Gasteiger partial charge in [0.15, 0.2) is 0 Å². The molecule has 0 saturated heterocycles. The van der Waals surface area contributed by atoms with Crippen molar-refractivity contribution in [2.75, 3.05) is 24.7 Å². The fourth-order valence-electron chi connectivity index (χ4n) is 1.13. The molecule has 82 valence electrons. The molecule has 1 aliphatic carbocycles. The molecule has 0 aromatic carbocycles. The Morgan fingerprint density at radius 1 is 1.57 bits per heavy atom. The van der Waals surface area contributed by atoms with Gasteiger partial charge in [0.05, 0.1) is 12.4 Å². The number of carbonyl (C=O) groups is 1. The molecule has 0 spiro atoms. The van der Waals surface area contributed by atoms with Gasteiger partial charge in [-0.05, 0) is 38.5 Å². The van der Waals surface area contributed by atoms with E-state index in [1.54, 1.807) is 11.8 Å². The Morgan fingerprint density at radius 3 is 3.00 bits per heavy atom. The second-order valence-electron chi connectivity index (χ2n) is 3.44. The van der Waals surface area contributed by atoms with Gasteiger partial charge in [0, 0.05) is 6.04 Å². The van der Waals surface area contributed by atoms with Crippen LogP contribution in [0.25, 0.3) is 0 Å². The van der Waals surface area contributed by atoms with Crippen molar-refractivity contribution in [2.45, 2.75) is 32.2 Å². The summed E-state index contributed by atoms with van der Waals surface area (Å²) in [4.78, 5) is 10.9. The van der Waals surface area contributed by atoms with Gasteiger partial charge in [-0.3, -0.25) is 4.79 Å². The zero-order valence-electron chi connectivity index (χ0n) is 8.75. The summed E-state index contributed by atoms with van der Waals surface area (Å²) < 4.78 is 4.82. The highest BCUT2D eigenvalue weighted by molar-refractivity contribution is 7.99. The lowest BCUT2D eigenvalue weighted by atomic mass is 10.5. The van der Waals surface area contributed by atoms with E-state index in [0.29, 0.717) is 12.4 Å². The molecule has 0 aliphatic heterocycles. The van der Waals surface area contributed by atoms with Crippen molar-refractivity contribution in [3.8, 4) is 0 Å². The van der Waals surface area contributed by atoms with E-state index in [0.717, 1.165) is 24.8 Å². The number of nitrogens with one attached hydrogen (secondary N) is 1. The summed E-state index contributed by atoms with van der Waals surface area (Å²) in [6.07, 6.45) is 3.83. The summed E-state index contributed by atoms with van der Waals surface area (Å²) in [6.45, 7) is 3.41. The molecular weight excluding hydrogens is 198 g/mol. The molecule has 0 bridgehead atoms. The van der Waals surface area contributed by atoms with E-state index in [2.05, 4.69) is 5.32 Å². The van der Waals surface area contributed by atoms with Crippen LogP contribution in [0, 0.1) is 0 Å². The molecule has 14 heavy (non-hydrogen) atoms. The lowest BCUT2D eigenvalue weighted by Crippen LogP contribution is -2.18. The maximum absolute atomic E-state index is 10.9. The van der Waals surface area contributed by atoms with Crippen molar-refractivity contribution in [3.05, 3.63) is 0 Å². The first-order valence-electron chi connectivity index (χ1n) is 5.29. The highest BCUT2D eigenvalue weighted by atomic mass is 32.2. The average Bonchev–Trinajstić information content (AvgIpc) is 2.95. The Balaban J connectivity index is 1.76. The molecule has 4 heteroatoms. The summed E-state index contributed by atoms with van der Waals surface area (Å²) in [5.41, 5.74) is 0. The molecule has 0 aromatic heterocycles. The van der Waals surface area contributed by atoms with Crippen molar-refractivity contribution >= 4 is 17.7 Å². The smallest absolute Gasteiger partial charge is 0.315 e. The van der Waals surface area contributed by atoms with Gasteiger partial charge in [-0.25, -0.2) is 0 Å². The van der Waals surface area contributed by atoms with Gasteiger partial charge in [-0.2, -0.15) is 11.8 Å². The van der Waals surface area contributed by atoms with E-state index in [1.807, 2.05) is 6.92 Å². The molecule has 0 amide bonds. The monoisotopic (exact) mass is 217 g/mol. The van der Waals surface area contributed by atoms with Crippen LogP contribution in [0.3, 0.4) is 0 Å². The molecule has 3 nitrogen and oxygen atoms in total. The standard InChI is InChI=1S/C10H19NO2S/c1-2-13-10(12)8-14-7-3-6-11-9-4-5-9/h9,11H,2-8H2,1H3. The molecule has 1 fully saturated rings. The van der Waals surface area contributed by atoms with Crippen LogP contribution in [0.15, 0.2) is 0 Å². The highest BCUT2D eigenvalue weighted by Crippen LogP contribution is 2.18. The predicted molar refractivity (Wildman–Crippen MR) is 59.6 cm³/mol. The molecule has 0 aromatic rings. The lowest BCUT2D eigenvalue weighted by Gasteiger charge is -2.03. The van der Waals surface area contributed by atoms with Crippen LogP contribution in [0.4, 0.5) is 0 Å². The zero-order chi connectivity index (χ0) is 10.2. The maximum Gasteiger partial charge on any atom is 0.315 e. The molecule has 0 radical (unpaired) electrons. The Morgan fingerprint density at radius 2 is 2.36 bits per heavy atom. The van der Waals surface area contributed by atoms with E-state index < -0.39 is 0 Å². The number of hydrogen-bond acceptors (Lipinski definition) is 4. The molecular formula is C10H19NO2S. The number of hydrogen-bond donors (Lipinski definition) is 1. The number of carbonyl (C=O) groups excluding carboxylic acids is 1. The summed E-state index contributed by atoms with van der Waals surface area (Å²) in [5.74, 6) is 1.45. The van der Waals surface area contributed by atoms with Crippen LogP contribution in [0.2, 0.25) is 0 Å². The fraction of sp³-hybridized carbons (Fsp3) is 0.900. The molecule has 1 rings (SSSR count). The minimum absolute atomic E-state index is 0.0901. The normalized spacial score (nSPS) is 15.5. The van der Waals surface area contributed by atoms with E-state index in [-0.39, 0.29) is 5.97 Å². The quantitative estimate of drug-likeness (QED) is 0.493. The van der Waals surface area contributed by atoms with E-state index in [1.165, 1.54) is 12.8 Å². The Labute approximate surface area is 90.0 Å². The largest absolute Gasteiger partial charge is 0.465 e. The van der Waals surface area contributed by atoms with Crippen LogP contribution in [-0.4, -0.2) is 36.7 Å².